The molecule has 0 saturated carbocycles. The van der Waals surface area contributed by atoms with Crippen LogP contribution >= 0.6 is 15.9 Å². The summed E-state index contributed by atoms with van der Waals surface area (Å²) in [7, 11) is 1.55. The van der Waals surface area contributed by atoms with Crippen LogP contribution < -0.4 is 14.8 Å². The molecule has 2 aromatic carbocycles. The van der Waals surface area contributed by atoms with Crippen molar-refractivity contribution in [3.05, 3.63) is 76.2 Å². The molecule has 0 fully saturated rings. The van der Waals surface area contributed by atoms with Gasteiger partial charge in [-0.2, -0.15) is 4.98 Å². The minimum Gasteiger partial charge on any atom is -0.497 e. The molecule has 1 aromatic heterocycles. The van der Waals surface area contributed by atoms with E-state index in [0.29, 0.717) is 5.75 Å². The van der Waals surface area contributed by atoms with Gasteiger partial charge in [0, 0.05) is 0 Å². The molecular weight excluding hydrogens is 466 g/mol. The number of nitrogens with one attached hydrogen (secondary N) is 1. The van der Waals surface area contributed by atoms with Crippen molar-refractivity contribution in [1.29, 1.82) is 0 Å². The summed E-state index contributed by atoms with van der Waals surface area (Å²) in [6.07, 6.45) is 0. The van der Waals surface area contributed by atoms with Gasteiger partial charge in [-0.05, 0) is 59.6 Å². The van der Waals surface area contributed by atoms with Gasteiger partial charge in [-0.15, -0.1) is 0 Å². The Bertz CT molecular complexity index is 1120. The van der Waals surface area contributed by atoms with Gasteiger partial charge >= 0.3 is 5.97 Å². The summed E-state index contributed by atoms with van der Waals surface area (Å²) in [6, 6.07) is 15.4. The van der Waals surface area contributed by atoms with Crippen LogP contribution in [0.3, 0.4) is 0 Å². The van der Waals surface area contributed by atoms with Gasteiger partial charge in [-0.1, -0.05) is 30.3 Å². The van der Waals surface area contributed by atoms with Crippen molar-refractivity contribution in [2.24, 2.45) is 0 Å². The molecule has 9 heteroatoms. The molecule has 1 amide bonds. The van der Waals surface area contributed by atoms with E-state index in [0.717, 1.165) is 5.56 Å². The highest BCUT2D eigenvalue weighted by Gasteiger charge is 2.29. The number of carbonyl (C=O) groups excluding carboxylic acids is 2. The van der Waals surface area contributed by atoms with Gasteiger partial charge in [-0.3, -0.25) is 4.79 Å². The molecule has 0 aliphatic heterocycles. The van der Waals surface area contributed by atoms with Crippen molar-refractivity contribution < 1.29 is 24.2 Å². The zero-order valence-corrected chi connectivity index (χ0v) is 18.6. The first-order valence-electron chi connectivity index (χ1n) is 9.22. The van der Waals surface area contributed by atoms with Crippen molar-refractivity contribution in [1.82, 2.24) is 15.3 Å². The zero-order valence-electron chi connectivity index (χ0n) is 17.0. The molecule has 160 valence electrons. The Morgan fingerprint density at radius 3 is 2.45 bits per heavy atom. The number of ether oxygens (including phenoxy) is 2. The fourth-order valence-corrected chi connectivity index (χ4v) is 3.16. The van der Waals surface area contributed by atoms with Crippen LogP contribution in [0.2, 0.25) is 0 Å². The Labute approximate surface area is 187 Å². The SMILES string of the molecule is COc1cccc(C(C)(C)NC(=O)c2nc(Br)nc(O)c2OC(=O)c2ccccc2)c1. The van der Waals surface area contributed by atoms with Gasteiger partial charge in [-0.25, -0.2) is 9.78 Å². The number of carbonyl (C=O) groups is 2. The largest absolute Gasteiger partial charge is 0.497 e. The topological polar surface area (TPSA) is 111 Å². The second-order valence-corrected chi connectivity index (χ2v) is 7.77. The lowest BCUT2D eigenvalue weighted by Gasteiger charge is -2.27. The van der Waals surface area contributed by atoms with Crippen molar-refractivity contribution >= 4 is 27.8 Å². The van der Waals surface area contributed by atoms with Crippen LogP contribution in [0.25, 0.3) is 0 Å². The lowest BCUT2D eigenvalue weighted by molar-refractivity contribution is 0.0723. The molecule has 0 atom stereocenters. The van der Waals surface area contributed by atoms with E-state index < -0.39 is 29.0 Å². The van der Waals surface area contributed by atoms with Crippen LogP contribution in [-0.4, -0.2) is 34.1 Å². The minimum absolute atomic E-state index is 0.0335. The number of rotatable bonds is 6. The van der Waals surface area contributed by atoms with Crippen LogP contribution in [0.15, 0.2) is 59.3 Å². The fraction of sp³-hybridized carbons (Fsp3) is 0.182. The van der Waals surface area contributed by atoms with Crippen molar-refractivity contribution in [2.75, 3.05) is 7.11 Å². The Hall–Kier alpha value is -3.46. The predicted octanol–water partition coefficient (Wildman–Crippen LogP) is 3.84. The Kier molecular flexibility index (Phi) is 6.55. The van der Waals surface area contributed by atoms with E-state index in [4.69, 9.17) is 9.47 Å². The molecule has 0 saturated heterocycles. The number of aromatic nitrogens is 2. The molecule has 2 N–H and O–H groups in total. The summed E-state index contributed by atoms with van der Waals surface area (Å²) in [5, 5.41) is 13.1. The lowest BCUT2D eigenvalue weighted by Crippen LogP contribution is -2.41. The van der Waals surface area contributed by atoms with Gasteiger partial charge in [0.2, 0.25) is 10.5 Å². The molecule has 1 heterocycles. The molecule has 0 unspecified atom stereocenters. The van der Waals surface area contributed by atoms with Crippen LogP contribution in [0.1, 0.15) is 40.3 Å². The minimum atomic E-state index is -0.834. The third-order valence-electron chi connectivity index (χ3n) is 4.46. The molecule has 0 radical (unpaired) electrons. The van der Waals surface area contributed by atoms with Crippen LogP contribution in [0, 0.1) is 0 Å². The number of halogens is 1. The number of methoxy groups -OCH3 is 1. The highest BCUT2D eigenvalue weighted by atomic mass is 79.9. The number of esters is 1. The van der Waals surface area contributed by atoms with E-state index in [9.17, 15) is 14.7 Å². The maximum atomic E-state index is 13.1. The summed E-state index contributed by atoms with van der Waals surface area (Å²) in [5.74, 6) is -1.86. The predicted molar refractivity (Wildman–Crippen MR) is 116 cm³/mol. The first kappa shape index (κ1) is 22.2. The standard InChI is InChI=1S/C22H20BrN3O5/c1-22(2,14-10-7-11-15(12-14)30-3)26-18(27)16-17(19(28)25-21(23)24-16)31-20(29)13-8-5-4-6-9-13/h4-12H,1-3H3,(H,26,27)(H,24,25,28). The number of benzene rings is 2. The van der Waals surface area contributed by atoms with Crippen molar-refractivity contribution in [3.8, 4) is 17.4 Å². The number of nitrogens with zero attached hydrogens (tertiary/aromatic N) is 2. The maximum Gasteiger partial charge on any atom is 0.343 e. The third kappa shape index (κ3) is 5.18. The number of aromatic hydroxyl groups is 1. The summed E-state index contributed by atoms with van der Waals surface area (Å²) < 4.78 is 10.5. The molecular formula is C22H20BrN3O5. The Morgan fingerprint density at radius 2 is 1.77 bits per heavy atom. The fourth-order valence-electron chi connectivity index (χ4n) is 2.81. The van der Waals surface area contributed by atoms with Crippen molar-refractivity contribution in [2.45, 2.75) is 19.4 Å². The van der Waals surface area contributed by atoms with Gasteiger partial charge < -0.3 is 19.9 Å². The van der Waals surface area contributed by atoms with Gasteiger partial charge in [0.1, 0.15) is 5.75 Å². The van der Waals surface area contributed by atoms with Crippen molar-refractivity contribution in [3.63, 3.8) is 0 Å². The monoisotopic (exact) mass is 485 g/mol. The molecule has 31 heavy (non-hydrogen) atoms. The quantitative estimate of drug-likeness (QED) is 0.403. The van der Waals surface area contributed by atoms with Crippen LogP contribution in [0.4, 0.5) is 0 Å². The first-order chi connectivity index (χ1) is 14.7. The summed E-state index contributed by atoms with van der Waals surface area (Å²) in [6.45, 7) is 3.59. The highest BCUT2D eigenvalue weighted by molar-refractivity contribution is 9.10. The van der Waals surface area contributed by atoms with Gasteiger partial charge in [0.15, 0.2) is 5.69 Å². The van der Waals surface area contributed by atoms with E-state index in [1.165, 1.54) is 0 Å². The molecule has 0 aliphatic carbocycles. The smallest absolute Gasteiger partial charge is 0.343 e. The van der Waals surface area contributed by atoms with Crippen LogP contribution in [0.5, 0.6) is 17.4 Å². The summed E-state index contributed by atoms with van der Waals surface area (Å²) >= 11 is 3.05. The molecule has 0 spiro atoms. The second-order valence-electron chi connectivity index (χ2n) is 7.06. The Morgan fingerprint density at radius 1 is 1.06 bits per heavy atom. The third-order valence-corrected chi connectivity index (χ3v) is 4.81. The van der Waals surface area contributed by atoms with E-state index in [1.54, 1.807) is 63.4 Å². The highest BCUT2D eigenvalue weighted by Crippen LogP contribution is 2.31. The summed E-state index contributed by atoms with van der Waals surface area (Å²) in [5.41, 5.74) is -0.104. The number of hydrogen-bond donors (Lipinski definition) is 2. The molecule has 8 nitrogen and oxygen atoms in total. The molecule has 0 aliphatic rings. The van der Waals surface area contributed by atoms with E-state index >= 15 is 0 Å². The van der Waals surface area contributed by atoms with Gasteiger partial charge in [0.25, 0.3) is 11.8 Å². The second kappa shape index (κ2) is 9.13. The average molecular weight is 486 g/mol. The van der Waals surface area contributed by atoms with E-state index in [2.05, 4.69) is 31.2 Å². The van der Waals surface area contributed by atoms with Crippen LogP contribution in [-0.2, 0) is 5.54 Å². The zero-order chi connectivity index (χ0) is 22.6. The number of hydrogen-bond acceptors (Lipinski definition) is 7. The summed E-state index contributed by atoms with van der Waals surface area (Å²) in [4.78, 5) is 33.3. The normalized spacial score (nSPS) is 11.0. The molecule has 0 bridgehead atoms. The average Bonchev–Trinajstić information content (AvgIpc) is 2.75. The van der Waals surface area contributed by atoms with E-state index in [1.807, 2.05) is 12.1 Å². The molecule has 3 aromatic rings. The maximum absolute atomic E-state index is 13.1. The van der Waals surface area contributed by atoms with Gasteiger partial charge in [0.05, 0.1) is 18.2 Å². The van der Waals surface area contributed by atoms with E-state index in [-0.39, 0.29) is 16.0 Å². The lowest BCUT2D eigenvalue weighted by atomic mass is 9.94. The first-order valence-corrected chi connectivity index (χ1v) is 10.0. The molecule has 3 rings (SSSR count). The number of amides is 1. The Balaban J connectivity index is 1.92.